The lowest BCUT2D eigenvalue weighted by molar-refractivity contribution is -0.143. The number of amides is 2. The zero-order valence-electron chi connectivity index (χ0n) is 15.2. The summed E-state index contributed by atoms with van der Waals surface area (Å²) in [7, 11) is 0. The van der Waals surface area contributed by atoms with E-state index in [0.29, 0.717) is 25.9 Å². The van der Waals surface area contributed by atoms with Crippen molar-refractivity contribution in [2.45, 2.75) is 55.9 Å². The summed E-state index contributed by atoms with van der Waals surface area (Å²) >= 11 is 2.03. The predicted octanol–water partition coefficient (Wildman–Crippen LogP) is 4.58. The van der Waals surface area contributed by atoms with Crippen LogP contribution in [-0.4, -0.2) is 40.3 Å². The number of benzene rings is 1. The number of carbonyl (C=O) groups is 2. The lowest BCUT2D eigenvalue weighted by Gasteiger charge is -2.30. The van der Waals surface area contributed by atoms with Crippen molar-refractivity contribution in [1.29, 1.82) is 0 Å². The lowest BCUT2D eigenvalue weighted by atomic mass is 9.97. The molecule has 0 radical (unpaired) electrons. The number of hydrogen-bond acceptors (Lipinski definition) is 3. The van der Waals surface area contributed by atoms with E-state index in [4.69, 9.17) is 5.11 Å². The monoisotopic (exact) mass is 376 g/mol. The molecular weight excluding hydrogens is 348 g/mol. The first-order valence-electron chi connectivity index (χ1n) is 9.61. The van der Waals surface area contributed by atoms with E-state index in [2.05, 4.69) is 17.4 Å². The van der Waals surface area contributed by atoms with Crippen LogP contribution in [0.15, 0.2) is 24.3 Å². The number of thioether (sulfide) groups is 1. The molecule has 6 heteroatoms. The second-order valence-electron chi connectivity index (χ2n) is 7.30. The summed E-state index contributed by atoms with van der Waals surface area (Å²) in [6.07, 6.45) is 7.80. The quantitative estimate of drug-likeness (QED) is 0.789. The number of nitrogens with one attached hydrogen (secondary N) is 1. The number of likely N-dealkylation sites (tertiary alicyclic amines) is 1. The molecule has 0 aromatic heterocycles. The Kier molecular flexibility index (Phi) is 6.83. The van der Waals surface area contributed by atoms with Crippen molar-refractivity contribution < 1.29 is 14.7 Å². The van der Waals surface area contributed by atoms with E-state index >= 15 is 0 Å². The Hall–Kier alpha value is -1.69. The lowest BCUT2D eigenvalue weighted by Crippen LogP contribution is -2.42. The highest BCUT2D eigenvalue weighted by molar-refractivity contribution is 7.99. The summed E-state index contributed by atoms with van der Waals surface area (Å²) < 4.78 is 0. The molecule has 0 atom stereocenters. The third kappa shape index (κ3) is 5.40. The second-order valence-corrected chi connectivity index (χ2v) is 8.59. The predicted molar refractivity (Wildman–Crippen MR) is 106 cm³/mol. The van der Waals surface area contributed by atoms with E-state index in [1.165, 1.54) is 37.7 Å². The van der Waals surface area contributed by atoms with Gasteiger partial charge in [0.25, 0.3) is 0 Å². The van der Waals surface area contributed by atoms with E-state index in [9.17, 15) is 9.59 Å². The van der Waals surface area contributed by atoms with Gasteiger partial charge in [-0.2, -0.15) is 11.8 Å². The standard InChI is InChI=1S/C20H28N2O3S/c23-19(24)16-9-11-22(12-10-16)20(25)21-17-6-4-5-15(13-17)14-26-18-7-2-1-3-8-18/h4-6,13,16,18H,1-3,7-12,14H2,(H,21,25)(H,23,24). The number of carboxylic acid groups (broad SMARTS) is 1. The van der Waals surface area contributed by atoms with Crippen molar-refractivity contribution in [3.8, 4) is 0 Å². The van der Waals surface area contributed by atoms with Gasteiger partial charge < -0.3 is 15.3 Å². The molecule has 1 aliphatic carbocycles. The van der Waals surface area contributed by atoms with E-state index in [1.807, 2.05) is 23.9 Å². The van der Waals surface area contributed by atoms with Crippen LogP contribution in [0.4, 0.5) is 10.5 Å². The minimum Gasteiger partial charge on any atom is -0.481 e. The third-order valence-electron chi connectivity index (χ3n) is 5.35. The molecule has 5 nitrogen and oxygen atoms in total. The zero-order chi connectivity index (χ0) is 18.4. The molecule has 1 aliphatic heterocycles. The molecule has 1 saturated heterocycles. The molecule has 26 heavy (non-hydrogen) atoms. The zero-order valence-corrected chi connectivity index (χ0v) is 16.0. The number of anilines is 1. The van der Waals surface area contributed by atoms with Crippen LogP contribution in [0.2, 0.25) is 0 Å². The summed E-state index contributed by atoms with van der Waals surface area (Å²) in [4.78, 5) is 25.1. The average molecular weight is 377 g/mol. The van der Waals surface area contributed by atoms with Gasteiger partial charge in [0.2, 0.25) is 0 Å². The molecule has 1 heterocycles. The first-order valence-corrected chi connectivity index (χ1v) is 10.7. The van der Waals surface area contributed by atoms with E-state index in [0.717, 1.165) is 16.7 Å². The summed E-state index contributed by atoms with van der Waals surface area (Å²) in [6.45, 7) is 1.00. The van der Waals surface area contributed by atoms with Gasteiger partial charge in [-0.25, -0.2) is 4.79 Å². The maximum absolute atomic E-state index is 12.4. The van der Waals surface area contributed by atoms with E-state index in [1.54, 1.807) is 4.90 Å². The van der Waals surface area contributed by atoms with Crippen molar-refractivity contribution in [1.82, 2.24) is 4.90 Å². The largest absolute Gasteiger partial charge is 0.481 e. The molecular formula is C20H28N2O3S. The summed E-state index contributed by atoms with van der Waals surface area (Å²) in [5.74, 6) is -0.0920. The molecule has 2 fully saturated rings. The highest BCUT2D eigenvalue weighted by atomic mass is 32.2. The number of carbonyl (C=O) groups excluding carboxylic acids is 1. The number of carboxylic acids is 1. The van der Waals surface area contributed by atoms with Gasteiger partial charge in [-0.15, -0.1) is 0 Å². The van der Waals surface area contributed by atoms with Crippen molar-refractivity contribution in [2.24, 2.45) is 5.92 Å². The van der Waals surface area contributed by atoms with Gasteiger partial charge in [-0.1, -0.05) is 31.4 Å². The Morgan fingerprint density at radius 3 is 2.54 bits per heavy atom. The molecule has 1 aromatic rings. The first kappa shape index (κ1) is 19.1. The van der Waals surface area contributed by atoms with Gasteiger partial charge in [0.15, 0.2) is 0 Å². The maximum atomic E-state index is 12.4. The fourth-order valence-corrected chi connectivity index (χ4v) is 4.99. The van der Waals surface area contributed by atoms with Crippen molar-refractivity contribution in [3.63, 3.8) is 0 Å². The van der Waals surface area contributed by atoms with Crippen LogP contribution < -0.4 is 5.32 Å². The smallest absolute Gasteiger partial charge is 0.321 e. The molecule has 0 unspecified atom stereocenters. The topological polar surface area (TPSA) is 69.6 Å². The number of piperidine rings is 1. The first-order chi connectivity index (χ1) is 12.6. The van der Waals surface area contributed by atoms with Crippen molar-refractivity contribution >= 4 is 29.4 Å². The van der Waals surface area contributed by atoms with Gasteiger partial charge in [0, 0.05) is 29.8 Å². The molecule has 3 rings (SSSR count). The summed E-state index contributed by atoms with van der Waals surface area (Å²) in [5, 5.41) is 12.8. The third-order valence-corrected chi connectivity index (χ3v) is 6.79. The Morgan fingerprint density at radius 1 is 1.12 bits per heavy atom. The number of urea groups is 1. The maximum Gasteiger partial charge on any atom is 0.321 e. The van der Waals surface area contributed by atoms with Crippen LogP contribution in [-0.2, 0) is 10.5 Å². The fourth-order valence-electron chi connectivity index (χ4n) is 3.72. The summed E-state index contributed by atoms with van der Waals surface area (Å²) in [5.41, 5.74) is 2.06. The fraction of sp³-hybridized carbons (Fsp3) is 0.600. The normalized spacial score (nSPS) is 19.3. The number of hydrogen-bond donors (Lipinski definition) is 2. The van der Waals surface area contributed by atoms with Gasteiger partial charge in [0.1, 0.15) is 0 Å². The van der Waals surface area contributed by atoms with Gasteiger partial charge >= 0.3 is 12.0 Å². The second kappa shape index (κ2) is 9.31. The van der Waals surface area contributed by atoms with Crippen LogP contribution in [0.5, 0.6) is 0 Å². The molecule has 0 bridgehead atoms. The van der Waals surface area contributed by atoms with Crippen LogP contribution in [0, 0.1) is 5.92 Å². The van der Waals surface area contributed by atoms with Crippen molar-refractivity contribution in [2.75, 3.05) is 18.4 Å². The van der Waals surface area contributed by atoms with Crippen LogP contribution in [0.25, 0.3) is 0 Å². The van der Waals surface area contributed by atoms with E-state index in [-0.39, 0.29) is 11.9 Å². The number of rotatable bonds is 5. The molecule has 142 valence electrons. The average Bonchev–Trinajstić information content (AvgIpc) is 2.67. The van der Waals surface area contributed by atoms with Gasteiger partial charge in [-0.3, -0.25) is 4.79 Å². The highest BCUT2D eigenvalue weighted by Crippen LogP contribution is 2.31. The minimum absolute atomic E-state index is 0.133. The summed E-state index contributed by atoms with van der Waals surface area (Å²) in [6, 6.07) is 7.94. The Balaban J connectivity index is 1.48. The van der Waals surface area contributed by atoms with Crippen LogP contribution in [0.3, 0.4) is 0 Å². The number of aliphatic carboxylic acids is 1. The molecule has 2 N–H and O–H groups in total. The van der Waals surface area contributed by atoms with Crippen LogP contribution in [0.1, 0.15) is 50.5 Å². The van der Waals surface area contributed by atoms with Crippen LogP contribution >= 0.6 is 11.8 Å². The van der Waals surface area contributed by atoms with Gasteiger partial charge in [0.05, 0.1) is 5.92 Å². The minimum atomic E-state index is -0.756. The Labute approximate surface area is 159 Å². The molecule has 2 amide bonds. The highest BCUT2D eigenvalue weighted by Gasteiger charge is 2.27. The van der Waals surface area contributed by atoms with Crippen molar-refractivity contribution in [3.05, 3.63) is 29.8 Å². The Morgan fingerprint density at radius 2 is 1.85 bits per heavy atom. The molecule has 0 spiro atoms. The van der Waals surface area contributed by atoms with E-state index < -0.39 is 5.97 Å². The molecule has 1 aromatic carbocycles. The molecule has 1 saturated carbocycles. The van der Waals surface area contributed by atoms with Gasteiger partial charge in [-0.05, 0) is 43.4 Å². The Bertz CT molecular complexity index is 623. The molecule has 2 aliphatic rings. The number of nitrogens with zero attached hydrogens (tertiary/aromatic N) is 1. The SMILES string of the molecule is O=C(O)C1CCN(C(=O)Nc2cccc(CSC3CCCCC3)c2)CC1.